The largest absolute Gasteiger partial charge is 0.239 e. The van der Waals surface area contributed by atoms with Crippen molar-refractivity contribution in [3.05, 3.63) is 142 Å². The maximum absolute atomic E-state index is 5.13. The number of hydrogen-bond donors (Lipinski definition) is 0. The Bertz CT molecular complexity index is 1600. The van der Waals surface area contributed by atoms with Crippen LogP contribution in [0, 0.1) is 0 Å². The van der Waals surface area contributed by atoms with Gasteiger partial charge in [0.2, 0.25) is 0 Å². The van der Waals surface area contributed by atoms with Crippen LogP contribution in [-0.2, 0) is 12.8 Å². The van der Waals surface area contributed by atoms with Crippen LogP contribution in [0.2, 0.25) is 0 Å². The van der Waals surface area contributed by atoms with Crippen molar-refractivity contribution in [1.29, 1.82) is 0 Å². The van der Waals surface area contributed by atoms with Gasteiger partial charge in [0.25, 0.3) is 0 Å². The molecule has 220 valence electrons. The molecule has 0 saturated carbocycles. The van der Waals surface area contributed by atoms with Crippen LogP contribution in [-0.4, -0.2) is 21.5 Å². The Morgan fingerprint density at radius 2 is 0.886 bits per heavy atom. The Balaban J connectivity index is 1.36. The van der Waals surface area contributed by atoms with Crippen molar-refractivity contribution in [1.82, 2.24) is 0 Å². The summed E-state index contributed by atoms with van der Waals surface area (Å²) in [5.41, 5.74) is 8.39. The standard InChI is InChI=1S/C38H36N4S2/c1-3-5-13-27-19-23-31(24-20-27)39-35-33(29-15-9-7-10-16-29)41-37(43-35)38-42-34(30-17-11-8-12-18-30)36(44-38)40-32-25-21-28(22-26-32)14-6-4-2/h7-12,15-26H,3-6,13-14H2,1-2H3/b38-37+,39-35?,40-36?. The first-order valence-electron chi connectivity index (χ1n) is 15.4. The summed E-state index contributed by atoms with van der Waals surface area (Å²) < 4.78 is 0. The molecule has 4 nitrogen and oxygen atoms in total. The van der Waals surface area contributed by atoms with Gasteiger partial charge in [-0.25, -0.2) is 20.0 Å². The summed E-state index contributed by atoms with van der Waals surface area (Å²) in [5, 5.41) is 3.46. The minimum absolute atomic E-state index is 0.848. The maximum Gasteiger partial charge on any atom is 0.136 e. The van der Waals surface area contributed by atoms with Gasteiger partial charge >= 0.3 is 0 Å². The number of rotatable bonds is 10. The van der Waals surface area contributed by atoms with Gasteiger partial charge < -0.3 is 0 Å². The molecule has 0 bridgehead atoms. The highest BCUT2D eigenvalue weighted by molar-refractivity contribution is 8.22. The molecule has 2 aliphatic heterocycles. The third-order valence-corrected chi connectivity index (χ3v) is 9.51. The molecule has 0 unspecified atom stereocenters. The highest BCUT2D eigenvalue weighted by atomic mass is 32.2. The Labute approximate surface area is 269 Å². The van der Waals surface area contributed by atoms with E-state index in [4.69, 9.17) is 20.0 Å². The second-order valence-electron chi connectivity index (χ2n) is 10.8. The SMILES string of the molecule is CCCCc1ccc(N=C2S/C(=C3\N=C(c4ccccc4)C(=Nc4ccc(CCCC)cc4)S3)N=C2c2ccccc2)cc1. The second kappa shape index (κ2) is 14.7. The van der Waals surface area contributed by atoms with Crippen LogP contribution >= 0.6 is 23.5 Å². The number of nitrogens with zero attached hydrogens (tertiary/aromatic N) is 4. The summed E-state index contributed by atoms with van der Waals surface area (Å²) >= 11 is 3.16. The van der Waals surface area contributed by atoms with Gasteiger partial charge in [-0.15, -0.1) is 0 Å². The topological polar surface area (TPSA) is 49.4 Å². The molecular formula is C38H36N4S2. The van der Waals surface area contributed by atoms with Crippen LogP contribution in [0.1, 0.15) is 61.8 Å². The number of aryl methyl sites for hydroxylation is 2. The fraction of sp³-hybridized carbons (Fsp3) is 0.211. The van der Waals surface area contributed by atoms with E-state index < -0.39 is 0 Å². The summed E-state index contributed by atoms with van der Waals surface area (Å²) in [7, 11) is 0. The van der Waals surface area contributed by atoms with E-state index in [1.165, 1.54) is 36.8 Å². The first-order chi connectivity index (χ1) is 21.7. The quantitative estimate of drug-likeness (QED) is 0.179. The summed E-state index contributed by atoms with van der Waals surface area (Å²) in [5.74, 6) is 0. The lowest BCUT2D eigenvalue weighted by molar-refractivity contribution is 0.795. The van der Waals surface area contributed by atoms with E-state index in [2.05, 4.69) is 86.6 Å². The molecule has 0 N–H and O–H groups in total. The molecule has 0 spiro atoms. The lowest BCUT2D eigenvalue weighted by atomic mass is 10.1. The van der Waals surface area contributed by atoms with Gasteiger partial charge in [-0.3, -0.25) is 0 Å². The molecule has 6 heteroatoms. The molecule has 2 heterocycles. The number of unbranched alkanes of at least 4 members (excludes halogenated alkanes) is 2. The van der Waals surface area contributed by atoms with Crippen LogP contribution in [0.3, 0.4) is 0 Å². The van der Waals surface area contributed by atoms with Crippen molar-refractivity contribution in [2.45, 2.75) is 52.4 Å². The van der Waals surface area contributed by atoms with Gasteiger partial charge in [-0.2, -0.15) is 0 Å². The third kappa shape index (κ3) is 7.37. The number of hydrogen-bond acceptors (Lipinski definition) is 6. The second-order valence-corrected chi connectivity index (χ2v) is 12.8. The molecule has 0 aromatic heterocycles. The van der Waals surface area contributed by atoms with Gasteiger partial charge in [-0.05, 0) is 84.6 Å². The lowest BCUT2D eigenvalue weighted by Gasteiger charge is -2.04. The number of thioether (sulfide) groups is 2. The molecule has 4 aromatic carbocycles. The monoisotopic (exact) mass is 612 g/mol. The van der Waals surface area contributed by atoms with Crippen molar-refractivity contribution in [3.8, 4) is 0 Å². The van der Waals surface area contributed by atoms with E-state index in [1.807, 2.05) is 36.4 Å². The summed E-state index contributed by atoms with van der Waals surface area (Å²) in [6.07, 6.45) is 6.98. The Hall–Kier alpha value is -4.00. The van der Waals surface area contributed by atoms with E-state index in [9.17, 15) is 0 Å². The van der Waals surface area contributed by atoms with Crippen molar-refractivity contribution in [2.75, 3.05) is 0 Å². The van der Waals surface area contributed by atoms with Crippen molar-refractivity contribution < 1.29 is 0 Å². The third-order valence-electron chi connectivity index (χ3n) is 7.47. The first-order valence-corrected chi connectivity index (χ1v) is 17.1. The van der Waals surface area contributed by atoms with Crippen LogP contribution in [0.4, 0.5) is 11.4 Å². The van der Waals surface area contributed by atoms with E-state index in [1.54, 1.807) is 23.5 Å². The van der Waals surface area contributed by atoms with Crippen LogP contribution in [0.25, 0.3) is 0 Å². The summed E-state index contributed by atoms with van der Waals surface area (Å²) in [6.45, 7) is 4.45. The molecule has 4 aromatic rings. The zero-order valence-corrected chi connectivity index (χ0v) is 26.9. The molecular weight excluding hydrogens is 577 g/mol. The van der Waals surface area contributed by atoms with Gasteiger partial charge in [0, 0.05) is 11.1 Å². The van der Waals surface area contributed by atoms with Crippen LogP contribution < -0.4 is 0 Å². The van der Waals surface area contributed by atoms with Gasteiger partial charge in [0.05, 0.1) is 11.4 Å². The molecule has 0 amide bonds. The molecule has 0 saturated heterocycles. The molecule has 2 aliphatic rings. The first kappa shape index (κ1) is 30.0. The van der Waals surface area contributed by atoms with Gasteiger partial charge in [0.1, 0.15) is 31.6 Å². The van der Waals surface area contributed by atoms with Gasteiger partial charge in [0.15, 0.2) is 0 Å². The minimum atomic E-state index is 0.848. The summed E-state index contributed by atoms with van der Waals surface area (Å²) in [6, 6.07) is 37.8. The van der Waals surface area contributed by atoms with E-state index in [0.717, 1.165) is 66.9 Å². The fourth-order valence-electron chi connectivity index (χ4n) is 5.00. The zero-order chi connectivity index (χ0) is 30.1. The highest BCUT2D eigenvalue weighted by Gasteiger charge is 2.30. The van der Waals surface area contributed by atoms with Crippen molar-refractivity contribution in [2.24, 2.45) is 20.0 Å². The summed E-state index contributed by atoms with van der Waals surface area (Å²) in [4.78, 5) is 20.4. The highest BCUT2D eigenvalue weighted by Crippen LogP contribution is 2.42. The molecule has 0 atom stereocenters. The Kier molecular flexibility index (Phi) is 10.0. The average molecular weight is 613 g/mol. The van der Waals surface area contributed by atoms with Crippen LogP contribution in [0.5, 0.6) is 0 Å². The van der Waals surface area contributed by atoms with Crippen LogP contribution in [0.15, 0.2) is 139 Å². The predicted molar refractivity (Wildman–Crippen MR) is 192 cm³/mol. The van der Waals surface area contributed by atoms with E-state index in [-0.39, 0.29) is 0 Å². The van der Waals surface area contributed by atoms with E-state index >= 15 is 0 Å². The number of aliphatic imine (C=N–C) groups is 4. The molecule has 44 heavy (non-hydrogen) atoms. The van der Waals surface area contributed by atoms with E-state index in [0.29, 0.717) is 0 Å². The smallest absolute Gasteiger partial charge is 0.136 e. The van der Waals surface area contributed by atoms with Crippen molar-refractivity contribution >= 4 is 56.4 Å². The predicted octanol–water partition coefficient (Wildman–Crippen LogP) is 10.7. The lowest BCUT2D eigenvalue weighted by Crippen LogP contribution is -2.07. The fourth-order valence-corrected chi connectivity index (χ4v) is 6.98. The Morgan fingerprint density at radius 3 is 1.25 bits per heavy atom. The normalized spacial score (nSPS) is 18.2. The Morgan fingerprint density at radius 1 is 0.500 bits per heavy atom. The maximum atomic E-state index is 5.13. The molecule has 0 radical (unpaired) electrons. The molecule has 6 rings (SSSR count). The average Bonchev–Trinajstić information content (AvgIpc) is 3.69. The van der Waals surface area contributed by atoms with Gasteiger partial charge in [-0.1, -0.05) is 112 Å². The van der Waals surface area contributed by atoms with Crippen molar-refractivity contribution in [3.63, 3.8) is 0 Å². The number of benzene rings is 4. The molecule has 0 aliphatic carbocycles. The zero-order valence-electron chi connectivity index (χ0n) is 25.2. The minimum Gasteiger partial charge on any atom is -0.239 e. The molecule has 0 fully saturated rings.